The van der Waals surface area contributed by atoms with Crippen molar-refractivity contribution in [1.82, 2.24) is 0 Å². The second kappa shape index (κ2) is 6.88. The van der Waals surface area contributed by atoms with E-state index in [0.29, 0.717) is 0 Å². The first-order chi connectivity index (χ1) is 9.06. The summed E-state index contributed by atoms with van der Waals surface area (Å²) < 4.78 is -0.160. The predicted molar refractivity (Wildman–Crippen MR) is 96.9 cm³/mol. The monoisotopic (exact) mass is 508 g/mol. The van der Waals surface area contributed by atoms with E-state index in [1.807, 2.05) is 12.1 Å². The van der Waals surface area contributed by atoms with Gasteiger partial charge in [0.2, 0.25) is 0 Å². The van der Waals surface area contributed by atoms with E-state index in [1.54, 1.807) is 0 Å². The Kier molecular flexibility index (Phi) is 5.70. The number of hydrogen-bond acceptors (Lipinski definition) is 0. The molecular formula is C15H12Br4. The van der Waals surface area contributed by atoms with Gasteiger partial charge < -0.3 is 0 Å². The largest absolute Gasteiger partial charge is 0.0898 e. The molecule has 0 fully saturated rings. The number of halogens is 4. The zero-order valence-corrected chi connectivity index (χ0v) is 16.3. The minimum Gasteiger partial charge on any atom is -0.0846 e. The van der Waals surface area contributed by atoms with E-state index >= 15 is 0 Å². The standard InChI is InChI=1S/C15H12Br4/c16-13(14(17)18)15(19,11-7-3-1-4-8-11)12-9-5-2-6-10-12/h1-10,13-14H. The van der Waals surface area contributed by atoms with Crippen molar-refractivity contribution >= 4 is 63.7 Å². The van der Waals surface area contributed by atoms with Gasteiger partial charge in [0.05, 0.1) is 12.9 Å². The van der Waals surface area contributed by atoms with Gasteiger partial charge in [-0.2, -0.15) is 0 Å². The lowest BCUT2D eigenvalue weighted by atomic mass is 9.89. The number of benzene rings is 2. The Labute approximate surface area is 147 Å². The Morgan fingerprint density at radius 1 is 0.684 bits per heavy atom. The molecule has 0 radical (unpaired) electrons. The fourth-order valence-corrected chi connectivity index (χ4v) is 4.84. The summed E-state index contributed by atoms with van der Waals surface area (Å²) in [5.41, 5.74) is 2.43. The van der Waals surface area contributed by atoms with Gasteiger partial charge in [-0.3, -0.25) is 0 Å². The van der Waals surface area contributed by atoms with E-state index < -0.39 is 0 Å². The summed E-state index contributed by atoms with van der Waals surface area (Å²) in [5.74, 6) is 0. The molecule has 19 heavy (non-hydrogen) atoms. The molecular weight excluding hydrogens is 500 g/mol. The highest BCUT2D eigenvalue weighted by atomic mass is 79.9. The van der Waals surface area contributed by atoms with Gasteiger partial charge in [0.25, 0.3) is 0 Å². The molecule has 0 aliphatic heterocycles. The van der Waals surface area contributed by atoms with E-state index in [0.717, 1.165) is 0 Å². The fourth-order valence-electron chi connectivity index (χ4n) is 2.02. The first-order valence-electron chi connectivity index (χ1n) is 5.79. The van der Waals surface area contributed by atoms with Crippen LogP contribution in [0.2, 0.25) is 0 Å². The average Bonchev–Trinajstić information content (AvgIpc) is 2.47. The number of alkyl halides is 4. The normalized spacial score (nSPS) is 13.5. The molecule has 4 heteroatoms. The summed E-state index contributed by atoms with van der Waals surface area (Å²) in [6.07, 6.45) is 0. The maximum absolute atomic E-state index is 3.96. The van der Waals surface area contributed by atoms with Crippen LogP contribution in [0.25, 0.3) is 0 Å². The van der Waals surface area contributed by atoms with Crippen LogP contribution in [-0.4, -0.2) is 8.56 Å². The third-order valence-corrected chi connectivity index (χ3v) is 8.70. The Hall–Kier alpha value is 0.360. The van der Waals surface area contributed by atoms with Gasteiger partial charge in [0.1, 0.15) is 0 Å². The van der Waals surface area contributed by atoms with Crippen LogP contribution < -0.4 is 0 Å². The number of rotatable bonds is 4. The quantitative estimate of drug-likeness (QED) is 0.429. The summed E-state index contributed by atoms with van der Waals surface area (Å²) in [4.78, 5) is 0.143. The maximum Gasteiger partial charge on any atom is 0.0898 e. The molecule has 0 N–H and O–H groups in total. The van der Waals surface area contributed by atoms with E-state index in [2.05, 4.69) is 112 Å². The Morgan fingerprint density at radius 2 is 1.05 bits per heavy atom. The minimum absolute atomic E-state index is 0.139. The molecule has 1 atom stereocenters. The Balaban J connectivity index is 2.57. The summed E-state index contributed by atoms with van der Waals surface area (Å²) in [7, 11) is 0. The van der Waals surface area contributed by atoms with E-state index in [4.69, 9.17) is 0 Å². The van der Waals surface area contributed by atoms with Crippen molar-refractivity contribution in [2.45, 2.75) is 12.9 Å². The molecule has 0 bridgehead atoms. The van der Waals surface area contributed by atoms with Crippen molar-refractivity contribution in [3.8, 4) is 0 Å². The molecule has 0 heterocycles. The lowest BCUT2D eigenvalue weighted by Gasteiger charge is -2.34. The zero-order chi connectivity index (χ0) is 13.9. The number of hydrogen-bond donors (Lipinski definition) is 0. The first-order valence-corrected chi connectivity index (χ1v) is 9.33. The highest BCUT2D eigenvalue weighted by Crippen LogP contribution is 2.48. The van der Waals surface area contributed by atoms with Crippen LogP contribution in [0.4, 0.5) is 0 Å². The van der Waals surface area contributed by atoms with Crippen LogP contribution in [0, 0.1) is 0 Å². The smallest absolute Gasteiger partial charge is 0.0846 e. The highest BCUT2D eigenvalue weighted by molar-refractivity contribution is 9.25. The van der Waals surface area contributed by atoms with Crippen molar-refractivity contribution < 1.29 is 0 Å². The molecule has 2 rings (SSSR count). The molecule has 0 aromatic heterocycles. The lowest BCUT2D eigenvalue weighted by Crippen LogP contribution is -2.34. The SMILES string of the molecule is BrC(Br)C(Br)C(Br)(c1ccccc1)c1ccccc1. The molecule has 0 saturated heterocycles. The van der Waals surface area contributed by atoms with Gasteiger partial charge in [-0.25, -0.2) is 0 Å². The van der Waals surface area contributed by atoms with Crippen LogP contribution in [0.5, 0.6) is 0 Å². The van der Waals surface area contributed by atoms with Gasteiger partial charge in [0, 0.05) is 0 Å². The molecule has 2 aromatic carbocycles. The first kappa shape index (κ1) is 15.7. The van der Waals surface area contributed by atoms with E-state index in [9.17, 15) is 0 Å². The van der Waals surface area contributed by atoms with Gasteiger partial charge in [0.15, 0.2) is 0 Å². The van der Waals surface area contributed by atoms with Crippen LogP contribution in [0.3, 0.4) is 0 Å². The van der Waals surface area contributed by atoms with Crippen LogP contribution in [0.15, 0.2) is 60.7 Å². The molecule has 2 aromatic rings. The van der Waals surface area contributed by atoms with Crippen molar-refractivity contribution in [2.24, 2.45) is 0 Å². The van der Waals surface area contributed by atoms with Gasteiger partial charge in [-0.05, 0) is 11.1 Å². The lowest BCUT2D eigenvalue weighted by molar-refractivity contribution is 0.753. The predicted octanol–water partition coefficient (Wildman–Crippen LogP) is 6.20. The van der Waals surface area contributed by atoms with E-state index in [-0.39, 0.29) is 12.9 Å². The molecule has 0 amide bonds. The molecule has 100 valence electrons. The van der Waals surface area contributed by atoms with Gasteiger partial charge >= 0.3 is 0 Å². The highest BCUT2D eigenvalue weighted by Gasteiger charge is 2.41. The van der Waals surface area contributed by atoms with Crippen LogP contribution >= 0.6 is 63.7 Å². The maximum atomic E-state index is 3.96. The fraction of sp³-hybridized carbons (Fsp3) is 0.200. The minimum atomic E-state index is -0.298. The summed E-state index contributed by atoms with van der Waals surface area (Å²) in [6, 6.07) is 20.9. The molecule has 0 spiro atoms. The second-order valence-corrected chi connectivity index (χ2v) is 9.62. The van der Waals surface area contributed by atoms with Crippen molar-refractivity contribution in [3.05, 3.63) is 71.8 Å². The zero-order valence-electron chi connectivity index (χ0n) is 9.94. The van der Waals surface area contributed by atoms with Gasteiger partial charge in [-0.1, -0.05) is 124 Å². The summed E-state index contributed by atoms with van der Waals surface area (Å²) in [5, 5.41) is 0. The molecule has 0 aliphatic carbocycles. The summed E-state index contributed by atoms with van der Waals surface area (Å²) >= 11 is 15.0. The van der Waals surface area contributed by atoms with Crippen molar-refractivity contribution in [3.63, 3.8) is 0 Å². The summed E-state index contributed by atoms with van der Waals surface area (Å²) in [6.45, 7) is 0. The Morgan fingerprint density at radius 3 is 1.37 bits per heavy atom. The second-order valence-electron chi connectivity index (χ2n) is 4.18. The van der Waals surface area contributed by atoms with E-state index in [1.165, 1.54) is 11.1 Å². The molecule has 1 unspecified atom stereocenters. The van der Waals surface area contributed by atoms with Crippen molar-refractivity contribution in [1.29, 1.82) is 0 Å². The molecule has 0 nitrogen and oxygen atoms in total. The van der Waals surface area contributed by atoms with Crippen LogP contribution in [-0.2, 0) is 4.32 Å². The van der Waals surface area contributed by atoms with Crippen LogP contribution in [0.1, 0.15) is 11.1 Å². The molecule has 0 aliphatic rings. The Bertz CT molecular complexity index is 471. The third-order valence-electron chi connectivity index (χ3n) is 2.99. The van der Waals surface area contributed by atoms with Gasteiger partial charge in [-0.15, -0.1) is 0 Å². The molecule has 0 saturated carbocycles. The van der Waals surface area contributed by atoms with Crippen molar-refractivity contribution in [2.75, 3.05) is 0 Å². The topological polar surface area (TPSA) is 0 Å². The third kappa shape index (κ3) is 3.34. The average molecular weight is 512 g/mol.